The summed E-state index contributed by atoms with van der Waals surface area (Å²) in [5.74, 6) is -3.00. The standard InChI is InChI=1S/C15H12S3.C12H8N2O4.C12H12N2.C5H8O2.2CHNS.Ru/c1-3-11-5-7-13(17-11)15-9-8-14(18-15)12-6-4-10(2)16-12;15-11(16)7-1-3-13-9(5-7)10-6-8(12(17)18)2-4-14-10;1-9-3-5-13-11(7-9)12-8-10(2)4-6-14-12;1-3-4(2)5(6)7;2*2-1-3;/h3-9H,1H2,2H3;1-6H,(H,15,16)(H,17,18);3-8H,1-2H3;3H,1-2H3,(H,6,7);2*3H;/q;;;;;;+2/p-2/b;;;4-3+;;;. The number of hydrogen-bond donors (Lipinski definition) is 3. The van der Waals surface area contributed by atoms with Gasteiger partial charge < -0.3 is 40.6 Å². The number of carboxylic acids is 3. The Morgan fingerprint density at radius 3 is 1.28 bits per heavy atom. The first kappa shape index (κ1) is 55.7. The first-order valence-electron chi connectivity index (χ1n) is 18.1. The van der Waals surface area contributed by atoms with Gasteiger partial charge in [-0.1, -0.05) is 29.5 Å². The number of rotatable bonds is 8. The summed E-state index contributed by atoms with van der Waals surface area (Å²) in [6, 6.07) is 26.6. The number of allylic oxidation sites excluding steroid dienone is 1. The van der Waals surface area contributed by atoms with E-state index in [-0.39, 0.29) is 30.6 Å². The molecule has 0 atom stereocenters. The van der Waals surface area contributed by atoms with Crippen molar-refractivity contribution in [1.29, 1.82) is 10.5 Å². The zero-order chi connectivity index (χ0) is 46.9. The van der Waals surface area contributed by atoms with E-state index in [2.05, 4.69) is 109 Å². The topological polar surface area (TPSA) is 211 Å². The maximum atomic E-state index is 10.8. The molecule has 0 fully saturated rings. The van der Waals surface area contributed by atoms with Gasteiger partial charge in [0.25, 0.3) is 0 Å². The summed E-state index contributed by atoms with van der Waals surface area (Å²) in [7, 11) is 0. The van der Waals surface area contributed by atoms with Gasteiger partial charge in [-0.05, 0) is 131 Å². The van der Waals surface area contributed by atoms with E-state index in [1.54, 1.807) is 31.3 Å². The van der Waals surface area contributed by atoms with Gasteiger partial charge >= 0.3 is 37.4 Å². The summed E-state index contributed by atoms with van der Waals surface area (Å²) < 4.78 is 0. The molecule has 3 N–H and O–H groups in total. The van der Waals surface area contributed by atoms with Crippen LogP contribution in [0, 0.1) is 42.1 Å². The number of thiophene rings is 3. The molecule has 0 unspecified atom stereocenters. The monoisotopic (exact) mass is 1030 g/mol. The molecule has 7 aromatic heterocycles. The fraction of sp³-hybridized carbons (Fsp3) is 0.109. The Kier molecular flexibility index (Phi) is 26.0. The SMILES string of the molecule is C/C=C(\C)C(=O)O.C=Cc1ccc(-c2ccc(-c3ccc(C)s3)s2)s1.Cc1ccnc(-c2cc(C)ccn2)c1.N#C[S-].N#C[S-].O=C(O)c1ccnc(-c2cc(C(=O)O)ccn2)c1.[Ru+2]. The Hall–Kier alpha value is -6.37. The maximum absolute atomic E-state index is 10.8. The van der Waals surface area contributed by atoms with Crippen LogP contribution in [0.3, 0.4) is 0 Å². The number of thiocyanates is 2. The van der Waals surface area contributed by atoms with Crippen LogP contribution in [0.15, 0.2) is 128 Å². The number of hydrogen-bond acceptors (Lipinski definition) is 14. The molecule has 7 aromatic rings. The van der Waals surface area contributed by atoms with Crippen LogP contribution in [0.4, 0.5) is 0 Å². The summed E-state index contributed by atoms with van der Waals surface area (Å²) in [5, 5.41) is 42.8. The van der Waals surface area contributed by atoms with Gasteiger partial charge in [0.1, 0.15) is 0 Å². The quantitative estimate of drug-likeness (QED) is 0.0560. The Balaban J connectivity index is 0.000000422. The third-order valence-electron chi connectivity index (χ3n) is 7.80. The summed E-state index contributed by atoms with van der Waals surface area (Å²) in [6.45, 7) is 13.3. The van der Waals surface area contributed by atoms with Crippen LogP contribution >= 0.6 is 34.0 Å². The van der Waals surface area contributed by atoms with Crippen molar-refractivity contribution < 1.29 is 49.2 Å². The van der Waals surface area contributed by atoms with E-state index in [0.29, 0.717) is 17.0 Å². The molecule has 7 rings (SSSR count). The normalized spacial score (nSPS) is 9.52. The molecule has 18 heteroatoms. The molecule has 0 amide bonds. The van der Waals surface area contributed by atoms with Gasteiger partial charge in [0.15, 0.2) is 0 Å². The molecule has 64 heavy (non-hydrogen) atoms. The number of aliphatic carboxylic acids is 1. The Morgan fingerprint density at radius 1 is 0.609 bits per heavy atom. The molecule has 7 heterocycles. The Bertz CT molecular complexity index is 2620. The van der Waals surface area contributed by atoms with Crippen LogP contribution in [-0.4, -0.2) is 53.2 Å². The van der Waals surface area contributed by atoms with E-state index in [1.807, 2.05) is 65.4 Å². The van der Waals surface area contributed by atoms with Crippen LogP contribution in [0.5, 0.6) is 0 Å². The number of carboxylic acid groups (broad SMARTS) is 3. The molecule has 0 aromatic carbocycles. The van der Waals surface area contributed by atoms with Gasteiger partial charge in [-0.15, -0.1) is 34.0 Å². The molecule has 0 aliphatic rings. The Morgan fingerprint density at radius 2 is 0.969 bits per heavy atom. The third kappa shape index (κ3) is 19.4. The average Bonchev–Trinajstić information content (AvgIpc) is 4.06. The molecule has 0 radical (unpaired) electrons. The number of aryl methyl sites for hydroxylation is 3. The fourth-order valence-electron chi connectivity index (χ4n) is 4.65. The molecule has 0 spiro atoms. The maximum Gasteiger partial charge on any atom is 2.00 e. The number of aromatic carboxylic acids is 2. The number of nitriles is 2. The van der Waals surface area contributed by atoms with Crippen molar-refractivity contribution in [3.63, 3.8) is 0 Å². The second-order valence-corrected chi connectivity index (χ2v) is 16.2. The average molecular weight is 1030 g/mol. The van der Waals surface area contributed by atoms with Gasteiger partial charge in [0.2, 0.25) is 0 Å². The van der Waals surface area contributed by atoms with E-state index >= 15 is 0 Å². The van der Waals surface area contributed by atoms with Crippen molar-refractivity contribution in [1.82, 2.24) is 19.9 Å². The summed E-state index contributed by atoms with van der Waals surface area (Å²) in [5.41, 5.74) is 5.46. The number of aromatic nitrogens is 4. The molecule has 0 aliphatic heterocycles. The van der Waals surface area contributed by atoms with Crippen molar-refractivity contribution in [3.05, 3.63) is 160 Å². The smallest absolute Gasteiger partial charge is 0.696 e. The van der Waals surface area contributed by atoms with Crippen LogP contribution in [0.2, 0.25) is 0 Å². The summed E-state index contributed by atoms with van der Waals surface area (Å²) in [4.78, 5) is 56.0. The molecule has 12 nitrogen and oxygen atoms in total. The zero-order valence-corrected chi connectivity index (χ0v) is 40.7. The van der Waals surface area contributed by atoms with Crippen molar-refractivity contribution in [2.45, 2.75) is 34.6 Å². The van der Waals surface area contributed by atoms with Crippen molar-refractivity contribution >= 4 is 83.3 Å². The minimum absolute atomic E-state index is 0. The molecular weight excluding hydrogens is 994 g/mol. The number of nitrogens with zero attached hydrogens (tertiary/aromatic N) is 6. The van der Waals surface area contributed by atoms with Gasteiger partial charge in [-0.25, -0.2) is 24.9 Å². The Labute approximate surface area is 407 Å². The molecule has 0 saturated heterocycles. The van der Waals surface area contributed by atoms with Gasteiger partial charge in [-0.3, -0.25) is 19.9 Å². The largest absolute Gasteiger partial charge is 2.00 e. The molecule has 0 bridgehead atoms. The molecule has 0 aliphatic carbocycles. The van der Waals surface area contributed by atoms with E-state index in [9.17, 15) is 14.4 Å². The molecular formula is C46H40N6O6RuS5. The van der Waals surface area contributed by atoms with Crippen LogP contribution in [-0.2, 0) is 49.5 Å². The van der Waals surface area contributed by atoms with Gasteiger partial charge in [0, 0.05) is 59.6 Å². The van der Waals surface area contributed by atoms with Crippen LogP contribution in [0.25, 0.3) is 48.4 Å². The van der Waals surface area contributed by atoms with Gasteiger partial charge in [-0.2, -0.15) is 0 Å². The van der Waals surface area contributed by atoms with E-state index < -0.39 is 17.9 Å². The second kappa shape index (κ2) is 29.8. The third-order valence-corrected chi connectivity index (χ3v) is 11.4. The number of carbonyl (C=O) groups is 3. The first-order chi connectivity index (χ1) is 30.1. The van der Waals surface area contributed by atoms with Crippen molar-refractivity contribution in [2.75, 3.05) is 0 Å². The van der Waals surface area contributed by atoms with Crippen LogP contribution < -0.4 is 0 Å². The fourth-order valence-corrected chi connectivity index (χ4v) is 7.56. The van der Waals surface area contributed by atoms with E-state index in [0.717, 1.165) is 11.4 Å². The van der Waals surface area contributed by atoms with E-state index in [1.165, 1.54) is 87.9 Å². The van der Waals surface area contributed by atoms with Crippen molar-refractivity contribution in [3.8, 4) is 53.1 Å². The minimum atomic E-state index is -1.08. The minimum Gasteiger partial charge on any atom is -0.696 e. The predicted molar refractivity (Wildman–Crippen MR) is 257 cm³/mol. The molecule has 328 valence electrons. The van der Waals surface area contributed by atoms with Gasteiger partial charge in [0.05, 0.1) is 33.9 Å². The van der Waals surface area contributed by atoms with Crippen molar-refractivity contribution in [2.24, 2.45) is 0 Å². The summed E-state index contributed by atoms with van der Waals surface area (Å²) >= 11 is 12.9. The predicted octanol–water partition coefficient (Wildman–Crippen LogP) is 11.5. The second-order valence-electron chi connectivity index (χ2n) is 12.3. The number of pyridine rings is 4. The first-order valence-corrected chi connectivity index (χ1v) is 21.4. The van der Waals surface area contributed by atoms with Crippen LogP contribution in [0.1, 0.15) is 55.4 Å². The summed E-state index contributed by atoms with van der Waals surface area (Å²) in [6.07, 6.45) is 9.78. The molecule has 0 saturated carbocycles. The zero-order valence-electron chi connectivity index (χ0n) is 34.9. The van der Waals surface area contributed by atoms with E-state index in [4.69, 9.17) is 25.8 Å².